The number of hydrogen-bond donors (Lipinski definition) is 2. The van der Waals surface area contributed by atoms with E-state index in [1.165, 1.54) is 36.1 Å². The van der Waals surface area contributed by atoms with Crippen molar-refractivity contribution in [3.63, 3.8) is 0 Å². The van der Waals surface area contributed by atoms with Gasteiger partial charge >= 0.3 is 0 Å². The normalized spacial score (nSPS) is 31.1. The number of nitrogens with one attached hydrogen (secondary N) is 1. The Morgan fingerprint density at radius 1 is 1.07 bits per heavy atom. The number of pyridine rings is 2. The molecule has 4 aliphatic carbocycles. The van der Waals surface area contributed by atoms with Gasteiger partial charge in [-0.25, -0.2) is 13.8 Å². The van der Waals surface area contributed by atoms with Crippen LogP contribution in [0.15, 0.2) is 41.3 Å². The molecule has 2 aromatic heterocycles. The lowest BCUT2D eigenvalue weighted by atomic mass is 9.53. The number of aromatic nitrogens is 2. The third-order valence-corrected chi connectivity index (χ3v) is 9.67. The summed E-state index contributed by atoms with van der Waals surface area (Å²) in [5.74, 6) is 0.375. The fraction of sp³-hybridized carbons (Fsp3) is 0.516. The maximum Gasteiger partial charge on any atom is 0.257 e. The van der Waals surface area contributed by atoms with Crippen molar-refractivity contribution in [3.8, 4) is 5.69 Å². The lowest BCUT2D eigenvalue weighted by Gasteiger charge is -2.56. The maximum absolute atomic E-state index is 15.1. The summed E-state index contributed by atoms with van der Waals surface area (Å²) in [6.45, 7) is 2.82. The molecule has 1 amide bonds. The van der Waals surface area contributed by atoms with Gasteiger partial charge in [-0.3, -0.25) is 14.2 Å². The van der Waals surface area contributed by atoms with Crippen LogP contribution < -0.4 is 15.6 Å². The van der Waals surface area contributed by atoms with E-state index in [-0.39, 0.29) is 27.8 Å². The first-order chi connectivity index (χ1) is 19.1. The second-order valence-corrected chi connectivity index (χ2v) is 13.1. The summed E-state index contributed by atoms with van der Waals surface area (Å²) < 4.78 is 30.3. The van der Waals surface area contributed by atoms with Crippen LogP contribution in [0.3, 0.4) is 0 Å². The topological polar surface area (TPSA) is 87.5 Å². The Labute approximate surface area is 231 Å². The van der Waals surface area contributed by atoms with E-state index in [2.05, 4.69) is 5.32 Å². The first-order valence-electron chi connectivity index (χ1n) is 14.4. The van der Waals surface area contributed by atoms with Crippen molar-refractivity contribution in [2.75, 3.05) is 18.0 Å². The number of hydrogen-bond acceptors (Lipinski definition) is 5. The number of fused-ring (bicyclic) bond motifs is 1. The Hall–Kier alpha value is -3.33. The van der Waals surface area contributed by atoms with E-state index in [0.717, 1.165) is 37.8 Å². The first kappa shape index (κ1) is 25.6. The van der Waals surface area contributed by atoms with Crippen LogP contribution in [0.1, 0.15) is 68.6 Å². The summed E-state index contributed by atoms with van der Waals surface area (Å²) in [4.78, 5) is 34.2. The lowest BCUT2D eigenvalue weighted by Crippen LogP contribution is -2.60. The van der Waals surface area contributed by atoms with Crippen molar-refractivity contribution < 1.29 is 18.7 Å². The van der Waals surface area contributed by atoms with Gasteiger partial charge in [0.25, 0.3) is 5.91 Å². The molecule has 9 heteroatoms. The molecular formula is C31H34F2N4O3. The molecule has 3 aromatic rings. The molecule has 0 spiro atoms. The van der Waals surface area contributed by atoms with Crippen LogP contribution in [0.5, 0.6) is 0 Å². The van der Waals surface area contributed by atoms with Crippen molar-refractivity contribution in [3.05, 3.63) is 63.9 Å². The zero-order valence-electron chi connectivity index (χ0n) is 22.6. The number of carbonyl (C=O) groups is 1. The highest BCUT2D eigenvalue weighted by molar-refractivity contribution is 5.97. The second kappa shape index (κ2) is 9.09. The summed E-state index contributed by atoms with van der Waals surface area (Å²) in [6, 6.07) is 6.53. The summed E-state index contributed by atoms with van der Waals surface area (Å²) in [6.07, 6.45) is 9.27. The molecule has 5 fully saturated rings. The molecule has 1 aromatic carbocycles. The molecule has 40 heavy (non-hydrogen) atoms. The number of rotatable bonds is 4. The molecule has 8 rings (SSSR count). The molecule has 1 saturated heterocycles. The number of nitrogens with zero attached hydrogens (tertiary/aromatic N) is 3. The van der Waals surface area contributed by atoms with Gasteiger partial charge in [-0.2, -0.15) is 0 Å². The summed E-state index contributed by atoms with van der Waals surface area (Å²) in [5.41, 5.74) is -1.57. The predicted octanol–water partition coefficient (Wildman–Crippen LogP) is 4.71. The van der Waals surface area contributed by atoms with Gasteiger partial charge in [0.2, 0.25) is 5.43 Å². The molecule has 4 bridgehead atoms. The molecule has 3 heterocycles. The van der Waals surface area contributed by atoms with Gasteiger partial charge in [0.15, 0.2) is 5.65 Å². The minimum atomic E-state index is -0.878. The van der Waals surface area contributed by atoms with Crippen LogP contribution in [0, 0.1) is 29.4 Å². The summed E-state index contributed by atoms with van der Waals surface area (Å²) in [5, 5.41) is 14.1. The highest BCUT2D eigenvalue weighted by Gasteiger charge is 2.51. The van der Waals surface area contributed by atoms with Gasteiger partial charge < -0.3 is 15.3 Å². The zero-order valence-corrected chi connectivity index (χ0v) is 22.6. The van der Waals surface area contributed by atoms with Crippen LogP contribution in [-0.4, -0.2) is 44.8 Å². The number of carbonyl (C=O) groups excluding carboxylic acids is 1. The molecule has 7 nitrogen and oxygen atoms in total. The fourth-order valence-corrected chi connectivity index (χ4v) is 8.38. The monoisotopic (exact) mass is 548 g/mol. The Bertz CT molecular complexity index is 1550. The maximum atomic E-state index is 15.1. The number of piperidine rings is 1. The smallest absolute Gasteiger partial charge is 0.257 e. The summed E-state index contributed by atoms with van der Waals surface area (Å²) in [7, 11) is 0. The van der Waals surface area contributed by atoms with Gasteiger partial charge in [-0.1, -0.05) is 0 Å². The Kier molecular flexibility index (Phi) is 5.82. The number of halogens is 2. The van der Waals surface area contributed by atoms with E-state index in [1.54, 1.807) is 19.1 Å². The average molecular weight is 549 g/mol. The van der Waals surface area contributed by atoms with Crippen LogP contribution in [-0.2, 0) is 0 Å². The molecular weight excluding hydrogens is 514 g/mol. The van der Waals surface area contributed by atoms with E-state index in [9.17, 15) is 19.1 Å². The SMILES string of the molecule is CC1(O)CCCN(c2ccc3c(=O)c(C(=O)NC45CC6CC(CC(C6)C4)C5)cn(-c4ccc(F)cc4F)c3n2)C1. The number of benzene rings is 1. The van der Waals surface area contributed by atoms with Crippen molar-refractivity contribution in [2.24, 2.45) is 17.8 Å². The number of β-amino-alcohol motifs (C(OH)–C–C–N with tert-alkyl or cyclic N) is 1. The van der Waals surface area contributed by atoms with Gasteiger partial charge in [0, 0.05) is 30.9 Å². The predicted molar refractivity (Wildman–Crippen MR) is 148 cm³/mol. The number of anilines is 1. The van der Waals surface area contributed by atoms with Crippen LogP contribution in [0.25, 0.3) is 16.7 Å². The van der Waals surface area contributed by atoms with Crippen LogP contribution in [0.2, 0.25) is 0 Å². The second-order valence-electron chi connectivity index (χ2n) is 13.1. The van der Waals surface area contributed by atoms with Crippen LogP contribution >= 0.6 is 0 Å². The standard InChI is InChI=1S/C31H34F2N4O3/c1-30(40)7-2-8-36(17-30)26-6-4-22-27(38)23(16-37(28(22)34-26)25-5-3-21(32)12-24(25)33)29(39)35-31-13-18-9-19(14-31)11-20(10-18)15-31/h3-6,12,16,18-20,40H,2,7-11,13-15,17H2,1H3,(H,35,39). The van der Waals surface area contributed by atoms with Crippen molar-refractivity contribution in [2.45, 2.75) is 69.4 Å². The van der Waals surface area contributed by atoms with E-state index in [0.29, 0.717) is 43.1 Å². The fourth-order valence-electron chi connectivity index (χ4n) is 8.38. The molecule has 4 saturated carbocycles. The first-order valence-corrected chi connectivity index (χ1v) is 14.4. The quantitative estimate of drug-likeness (QED) is 0.493. The van der Waals surface area contributed by atoms with Gasteiger partial charge in [0.1, 0.15) is 23.0 Å². The Morgan fingerprint density at radius 2 is 1.77 bits per heavy atom. The van der Waals surface area contributed by atoms with Gasteiger partial charge in [-0.15, -0.1) is 0 Å². The van der Waals surface area contributed by atoms with E-state index in [1.807, 2.05) is 4.90 Å². The van der Waals surface area contributed by atoms with Crippen molar-refractivity contribution in [1.29, 1.82) is 0 Å². The van der Waals surface area contributed by atoms with Gasteiger partial charge in [0.05, 0.1) is 16.7 Å². The molecule has 0 radical (unpaired) electrons. The van der Waals surface area contributed by atoms with Crippen LogP contribution in [0.4, 0.5) is 14.6 Å². The van der Waals surface area contributed by atoms with Gasteiger partial charge in [-0.05, 0) is 100 Å². The molecule has 210 valence electrons. The number of aliphatic hydroxyl groups is 1. The Morgan fingerprint density at radius 3 is 2.42 bits per heavy atom. The Balaban J connectivity index is 1.33. The third kappa shape index (κ3) is 4.39. The minimum Gasteiger partial charge on any atom is -0.388 e. The highest BCUT2D eigenvalue weighted by atomic mass is 19.1. The third-order valence-electron chi connectivity index (χ3n) is 9.67. The average Bonchev–Trinajstić information content (AvgIpc) is 2.87. The molecule has 1 atom stereocenters. The molecule has 5 aliphatic rings. The number of amides is 1. The largest absolute Gasteiger partial charge is 0.388 e. The van der Waals surface area contributed by atoms with Crippen molar-refractivity contribution >= 4 is 22.8 Å². The molecule has 2 N–H and O–H groups in total. The lowest BCUT2D eigenvalue weighted by molar-refractivity contribution is -0.0167. The molecule has 1 unspecified atom stereocenters. The van der Waals surface area contributed by atoms with E-state index in [4.69, 9.17) is 4.98 Å². The highest BCUT2D eigenvalue weighted by Crippen LogP contribution is 2.55. The summed E-state index contributed by atoms with van der Waals surface area (Å²) >= 11 is 0. The van der Waals surface area contributed by atoms with Crippen molar-refractivity contribution in [1.82, 2.24) is 14.9 Å². The van der Waals surface area contributed by atoms with E-state index < -0.39 is 28.6 Å². The molecule has 1 aliphatic heterocycles. The van der Waals surface area contributed by atoms with E-state index >= 15 is 4.39 Å². The minimum absolute atomic E-state index is 0.00875. The zero-order chi connectivity index (χ0) is 27.8.